The minimum atomic E-state index is -4.15. The number of hydrogen-bond acceptors (Lipinski definition) is 2. The van der Waals surface area contributed by atoms with Crippen LogP contribution in [-0.4, -0.2) is 37.3 Å². The summed E-state index contributed by atoms with van der Waals surface area (Å²) in [5.41, 5.74) is -0.0864. The lowest BCUT2D eigenvalue weighted by Gasteiger charge is -2.35. The van der Waals surface area contributed by atoms with Crippen LogP contribution >= 0.6 is 11.6 Å². The van der Waals surface area contributed by atoms with Crippen molar-refractivity contribution in [3.05, 3.63) is 34.9 Å². The highest BCUT2D eigenvalue weighted by Gasteiger charge is 2.53. The normalized spacial score (nSPS) is 15.6. The Kier molecular flexibility index (Phi) is 5.70. The lowest BCUT2D eigenvalue weighted by molar-refractivity contribution is -0.172. The SMILES string of the molecule is CN([C@H](c1ccccc1Cl)C(F)(F)C(=O)O)[S@@](=O)C(C)(C)C. The smallest absolute Gasteiger partial charge is 0.376 e. The highest BCUT2D eigenvalue weighted by molar-refractivity contribution is 7.84. The van der Waals surface area contributed by atoms with Crippen LogP contribution in [0.15, 0.2) is 24.3 Å². The first-order valence-corrected chi connectivity index (χ1v) is 7.89. The van der Waals surface area contributed by atoms with Crippen LogP contribution < -0.4 is 0 Å². The third-order valence-corrected chi connectivity index (χ3v) is 5.10. The molecular formula is C14H18ClF2NO3S. The second kappa shape index (κ2) is 6.60. The zero-order chi connectivity index (χ0) is 17.3. The number of carbonyl (C=O) groups is 1. The number of halogens is 3. The van der Waals surface area contributed by atoms with Gasteiger partial charge in [0.1, 0.15) is 17.0 Å². The van der Waals surface area contributed by atoms with Gasteiger partial charge in [-0.2, -0.15) is 8.78 Å². The summed E-state index contributed by atoms with van der Waals surface area (Å²) < 4.78 is 40.9. The average Bonchev–Trinajstić information content (AvgIpc) is 2.38. The summed E-state index contributed by atoms with van der Waals surface area (Å²) in [7, 11) is -0.652. The van der Waals surface area contributed by atoms with Crippen LogP contribution in [0.25, 0.3) is 0 Å². The number of nitrogens with zero attached hydrogens (tertiary/aromatic N) is 1. The Morgan fingerprint density at radius 2 is 1.82 bits per heavy atom. The van der Waals surface area contributed by atoms with Gasteiger partial charge in [0.15, 0.2) is 0 Å². The maximum atomic E-state index is 14.2. The van der Waals surface area contributed by atoms with Crippen molar-refractivity contribution in [2.75, 3.05) is 7.05 Å². The van der Waals surface area contributed by atoms with E-state index >= 15 is 0 Å². The molecule has 0 aromatic heterocycles. The fourth-order valence-electron chi connectivity index (χ4n) is 1.96. The van der Waals surface area contributed by atoms with E-state index in [0.717, 1.165) is 4.31 Å². The number of carboxylic acid groups (broad SMARTS) is 1. The van der Waals surface area contributed by atoms with E-state index in [4.69, 9.17) is 16.7 Å². The van der Waals surface area contributed by atoms with E-state index in [1.54, 1.807) is 26.8 Å². The predicted octanol–water partition coefficient (Wildman–Crippen LogP) is 3.50. The summed E-state index contributed by atoms with van der Waals surface area (Å²) >= 11 is 5.94. The molecule has 0 radical (unpaired) electrons. The fraction of sp³-hybridized carbons (Fsp3) is 0.500. The Balaban J connectivity index is 3.46. The second-order valence-electron chi connectivity index (χ2n) is 5.76. The van der Waals surface area contributed by atoms with E-state index < -0.39 is 33.7 Å². The summed E-state index contributed by atoms with van der Waals surface area (Å²) in [4.78, 5) is 11.0. The van der Waals surface area contributed by atoms with Crippen LogP contribution in [0.5, 0.6) is 0 Å². The molecule has 0 spiro atoms. The molecule has 0 saturated carbocycles. The molecule has 1 N–H and O–H groups in total. The van der Waals surface area contributed by atoms with Crippen molar-refractivity contribution in [2.24, 2.45) is 0 Å². The van der Waals surface area contributed by atoms with Gasteiger partial charge in [0.2, 0.25) is 0 Å². The van der Waals surface area contributed by atoms with Crippen LogP contribution in [0.3, 0.4) is 0 Å². The molecule has 0 amide bonds. The molecule has 0 bridgehead atoms. The highest BCUT2D eigenvalue weighted by Crippen LogP contribution is 2.41. The average molecular weight is 354 g/mol. The molecule has 1 aromatic rings. The van der Waals surface area contributed by atoms with Gasteiger partial charge in [-0.05, 0) is 32.4 Å². The van der Waals surface area contributed by atoms with Crippen molar-refractivity contribution in [1.82, 2.24) is 4.31 Å². The van der Waals surface area contributed by atoms with Crippen molar-refractivity contribution in [3.63, 3.8) is 0 Å². The molecule has 1 aromatic carbocycles. The van der Waals surface area contributed by atoms with Crippen LogP contribution in [-0.2, 0) is 15.8 Å². The number of hydrogen-bond donors (Lipinski definition) is 1. The van der Waals surface area contributed by atoms with Gasteiger partial charge in [0.25, 0.3) is 0 Å². The Bertz CT molecular complexity index is 590. The van der Waals surface area contributed by atoms with Gasteiger partial charge in [0, 0.05) is 12.1 Å². The van der Waals surface area contributed by atoms with Crippen molar-refractivity contribution in [3.8, 4) is 0 Å². The Labute approximate surface area is 135 Å². The lowest BCUT2D eigenvalue weighted by Crippen LogP contribution is -2.48. The maximum absolute atomic E-state index is 14.2. The van der Waals surface area contributed by atoms with Gasteiger partial charge in [-0.15, -0.1) is 0 Å². The standard InChI is InChI=1S/C14H18ClF2NO3S/c1-13(2,3)22(21)18(4)11(14(16,17)12(19)20)9-7-5-6-8-10(9)15/h5-8,11H,1-4H3,(H,19,20)/t11-,22+/m1/s1. The van der Waals surface area contributed by atoms with Crippen molar-refractivity contribution < 1.29 is 22.9 Å². The minimum Gasteiger partial charge on any atom is -0.477 e. The zero-order valence-corrected chi connectivity index (χ0v) is 14.2. The molecule has 1 rings (SSSR count). The van der Waals surface area contributed by atoms with Gasteiger partial charge in [-0.1, -0.05) is 29.8 Å². The molecule has 0 aliphatic carbocycles. The van der Waals surface area contributed by atoms with Crippen LogP contribution in [0, 0.1) is 0 Å². The number of benzene rings is 1. The van der Waals surface area contributed by atoms with E-state index in [9.17, 15) is 17.8 Å². The molecule has 2 atom stereocenters. The Hall–Kier alpha value is -1.05. The largest absolute Gasteiger partial charge is 0.477 e. The number of alkyl halides is 2. The van der Waals surface area contributed by atoms with E-state index in [-0.39, 0.29) is 10.6 Å². The van der Waals surface area contributed by atoms with Gasteiger partial charge in [-0.25, -0.2) is 13.3 Å². The molecule has 0 aliphatic heterocycles. The third kappa shape index (κ3) is 3.83. The molecule has 0 fully saturated rings. The van der Waals surface area contributed by atoms with Crippen molar-refractivity contribution >= 4 is 28.6 Å². The summed E-state index contributed by atoms with van der Waals surface area (Å²) in [5.74, 6) is -6.45. The molecule has 4 nitrogen and oxygen atoms in total. The summed E-state index contributed by atoms with van der Waals surface area (Å²) in [5, 5.41) is 8.87. The predicted molar refractivity (Wildman–Crippen MR) is 82.4 cm³/mol. The first kappa shape index (κ1) is 19.0. The summed E-state index contributed by atoms with van der Waals surface area (Å²) in [6.45, 7) is 4.84. The van der Waals surface area contributed by atoms with E-state index in [0.29, 0.717) is 0 Å². The number of rotatable bonds is 5. The molecule has 0 unspecified atom stereocenters. The molecule has 124 valence electrons. The minimum absolute atomic E-state index is 0.00816. The molecule has 0 heterocycles. The summed E-state index contributed by atoms with van der Waals surface area (Å²) in [6.07, 6.45) is 0. The highest BCUT2D eigenvalue weighted by atomic mass is 35.5. The molecule has 22 heavy (non-hydrogen) atoms. The fourth-order valence-corrected chi connectivity index (χ4v) is 3.50. The maximum Gasteiger partial charge on any atom is 0.376 e. The van der Waals surface area contributed by atoms with Gasteiger partial charge < -0.3 is 5.11 Å². The first-order chi connectivity index (χ1) is 9.90. The lowest BCUT2D eigenvalue weighted by atomic mass is 10.0. The Morgan fingerprint density at radius 3 is 2.23 bits per heavy atom. The van der Waals surface area contributed by atoms with Crippen LogP contribution in [0.2, 0.25) is 5.02 Å². The third-order valence-electron chi connectivity index (χ3n) is 2.98. The first-order valence-electron chi connectivity index (χ1n) is 6.41. The molecule has 8 heteroatoms. The second-order valence-corrected chi connectivity index (χ2v) is 8.47. The molecule has 0 aliphatic rings. The zero-order valence-electron chi connectivity index (χ0n) is 12.6. The van der Waals surface area contributed by atoms with E-state index in [1.165, 1.54) is 25.2 Å². The van der Waals surface area contributed by atoms with Gasteiger partial charge in [-0.3, -0.25) is 0 Å². The van der Waals surface area contributed by atoms with Gasteiger partial charge in [0.05, 0.1) is 4.75 Å². The topological polar surface area (TPSA) is 57.6 Å². The quantitative estimate of drug-likeness (QED) is 0.881. The van der Waals surface area contributed by atoms with Crippen molar-refractivity contribution in [1.29, 1.82) is 0 Å². The monoisotopic (exact) mass is 353 g/mol. The Morgan fingerprint density at radius 1 is 1.32 bits per heavy atom. The molecular weight excluding hydrogens is 336 g/mol. The number of aliphatic carboxylic acids is 1. The number of carboxylic acids is 1. The van der Waals surface area contributed by atoms with E-state index in [2.05, 4.69) is 0 Å². The summed E-state index contributed by atoms with van der Waals surface area (Å²) in [6, 6.07) is 3.76. The molecule has 0 saturated heterocycles. The van der Waals surface area contributed by atoms with E-state index in [1.807, 2.05) is 0 Å². The van der Waals surface area contributed by atoms with Crippen molar-refractivity contribution in [2.45, 2.75) is 37.5 Å². The van der Waals surface area contributed by atoms with Crippen LogP contribution in [0.4, 0.5) is 8.78 Å². The van der Waals surface area contributed by atoms with Gasteiger partial charge >= 0.3 is 11.9 Å². The van der Waals surface area contributed by atoms with Crippen LogP contribution in [0.1, 0.15) is 32.4 Å².